The molecular weight excluding hydrogens is 1830 g/mol. The molecule has 0 unspecified atom stereocenters. The van der Waals surface area contributed by atoms with Crippen LogP contribution >= 0.6 is 11.6 Å². The summed E-state index contributed by atoms with van der Waals surface area (Å²) in [7, 11) is 7.82. The van der Waals surface area contributed by atoms with Crippen LogP contribution in [0.2, 0.25) is 5.28 Å². The molecule has 13 aromatic rings. The number of nitrogen functional groups attached to an aromatic ring is 1. The zero-order valence-electron chi connectivity index (χ0n) is 81.8. The molecule has 4 aliphatic heterocycles. The van der Waals surface area contributed by atoms with E-state index in [0.717, 1.165) is 186 Å². The smallest absolute Gasteiger partial charge is 0.870 e. The molecule has 0 radical (unpaired) electrons. The number of aryl methyl sites for hydroxylation is 5. The summed E-state index contributed by atoms with van der Waals surface area (Å²) in [6, 6.07) is 40.2. The Hall–Kier alpha value is -13.9. The van der Waals surface area contributed by atoms with Gasteiger partial charge in [-0.2, -0.15) is 30.9 Å². The van der Waals surface area contributed by atoms with Gasteiger partial charge in [-0.05, 0) is 263 Å². The Morgan fingerprint density at radius 1 is 0.454 bits per heavy atom. The third-order valence-corrected chi connectivity index (χ3v) is 24.7. The van der Waals surface area contributed by atoms with Gasteiger partial charge in [-0.15, -0.1) is 0 Å². The van der Waals surface area contributed by atoms with Crippen LogP contribution in [-0.4, -0.2) is 247 Å². The number of nitriles is 2. The average Bonchev–Trinajstić information content (AvgIpc) is 1.81. The third-order valence-electron chi connectivity index (χ3n) is 23.6. The Bertz CT molecular complexity index is 6440. The van der Waals surface area contributed by atoms with Crippen molar-refractivity contribution in [1.82, 2.24) is 98.6 Å². The number of piperidine rings is 4. The molecule has 41 heteroatoms. The number of aromatic nitrogens is 16. The minimum atomic E-state index is -3.52. The van der Waals surface area contributed by atoms with Crippen LogP contribution in [0.3, 0.4) is 0 Å². The van der Waals surface area contributed by atoms with Gasteiger partial charge in [-0.3, -0.25) is 23.5 Å². The number of hydrogen-bond acceptors (Lipinski definition) is 32. The fourth-order valence-electron chi connectivity index (χ4n) is 15.4. The van der Waals surface area contributed by atoms with Crippen molar-refractivity contribution in [1.29, 1.82) is 10.5 Å². The minimum absolute atomic E-state index is 0. The number of sulfonamides is 1. The quantitative estimate of drug-likeness (QED) is 0.0115. The predicted octanol–water partition coefficient (Wildman–Crippen LogP) is 12.2. The van der Waals surface area contributed by atoms with Gasteiger partial charge in [0.2, 0.25) is 33.2 Å². The number of aliphatic hydroxyl groups is 1. The van der Waals surface area contributed by atoms with Crippen molar-refractivity contribution in [2.24, 2.45) is 11.1 Å². The molecule has 0 saturated carbocycles. The maximum Gasteiger partial charge on any atom is 1.00 e. The fraction of sp³-hybridized carbons (Fsp3) is 0.360. The van der Waals surface area contributed by atoms with Crippen molar-refractivity contribution in [3.8, 4) is 57.2 Å². The molecule has 38 nitrogen and oxygen atoms in total. The molecule has 4 aliphatic rings. The summed E-state index contributed by atoms with van der Waals surface area (Å²) >= 11 is 5.77. The van der Waals surface area contributed by atoms with E-state index < -0.39 is 22.1 Å². The number of methoxy groups -OCH3 is 2. The zero-order chi connectivity index (χ0) is 100.0. The zero-order valence-corrected chi connectivity index (χ0v) is 83.4. The van der Waals surface area contributed by atoms with Gasteiger partial charge in [0.25, 0.3) is 0 Å². The van der Waals surface area contributed by atoms with E-state index in [1.165, 1.54) is 46.1 Å². The largest absolute Gasteiger partial charge is 1.00 e. The van der Waals surface area contributed by atoms with Crippen LogP contribution in [0.1, 0.15) is 165 Å². The van der Waals surface area contributed by atoms with Crippen LogP contribution in [0.25, 0.3) is 45.0 Å². The summed E-state index contributed by atoms with van der Waals surface area (Å²) in [4.78, 5) is 91.2. The molecule has 17 rings (SSSR count). The fourth-order valence-corrected chi connectivity index (χ4v) is 16.0. The van der Waals surface area contributed by atoms with Gasteiger partial charge in [0, 0.05) is 83.8 Å². The number of likely N-dealkylation sites (tertiary alicyclic amines) is 4. The molecular formula is C100H121ClLiN27O11S. The van der Waals surface area contributed by atoms with E-state index >= 15 is 0 Å². The van der Waals surface area contributed by atoms with Crippen LogP contribution in [0.5, 0.6) is 0 Å². The van der Waals surface area contributed by atoms with E-state index in [-0.39, 0.29) is 70.1 Å². The number of nitrogens with zero attached hydrogens (tertiary/aromatic N) is 22. The summed E-state index contributed by atoms with van der Waals surface area (Å²) in [5.41, 5.74) is 22.2. The molecule has 141 heavy (non-hydrogen) atoms. The van der Waals surface area contributed by atoms with E-state index in [1.54, 1.807) is 135 Å². The van der Waals surface area contributed by atoms with Gasteiger partial charge < -0.3 is 66.4 Å². The summed E-state index contributed by atoms with van der Waals surface area (Å²) in [5, 5.41) is 66.3. The van der Waals surface area contributed by atoms with Gasteiger partial charge in [0.05, 0.1) is 148 Å². The second-order valence-corrected chi connectivity index (χ2v) is 36.6. The van der Waals surface area contributed by atoms with Crippen molar-refractivity contribution in [3.63, 3.8) is 0 Å². The normalized spacial score (nSPS) is 14.6. The second-order valence-electron chi connectivity index (χ2n) is 34.7. The predicted molar refractivity (Wildman–Crippen MR) is 535 cm³/mol. The molecule has 0 aliphatic carbocycles. The maximum atomic E-state index is 12.3. The Labute approximate surface area is 838 Å². The molecule has 0 bridgehead atoms. The number of carboxylic acid groups (broad SMARTS) is 1. The number of esters is 2. The standard InChI is InChI=1S/C25H29N7O.C22H26N6O2.C21H24N6O2.C13H11ClN2O2.C9H16N4.C7H9NO2S.C3H5NO.Li.H2O/c1-17(13-26)12-23(33)19-4-6-20(7-5-19)24-18(2)14-27-25(30-24)29-21-15-28-32(16-21)22-8-10-31(3)11-9-22;1-15-12-23-22(26-20(15)16-4-6-17(7-5-16)21(29)30-3)25-18-13-24-28(14-18)19-8-10-27(2)11-9-19;1-14-11-22-21(25-19(14)15-3-5-16(6-4-15)20(28)29)24-17-12-23-27(13-17)18-7-9-26(2)10-8-18;1-8-7-15-13(14)16-11(8)9-3-5-10(6-4-9)12(17)18-2;1-12-4-2-9(3-5-12)13-7-8(10)6-11-13;1-6-2-4-7(5-3-6)11(8,9)10;1-3(5)2-4;;/h4-7,14-17,22H,8-12H2,1-3H3,(H,27,29,30);4-7,12-14,19H,8-11H2,1-3H3,(H,23,25,26);3-6,11-13,18H,7-10H2,1-2H3,(H,28,29)(H,22,24,25);3-7H,1-2H3;6-7,9H,2-5,10H2,1H3;2-5H,1H3,(H2,8,9,10);3,5H,1H3;;1H2/q;;;;;;;+1;/p-1/t17-;;;;;;3-;;/m1.....0../s1. The molecule has 10 N–H and O–H groups in total. The monoisotopic (exact) mass is 1950 g/mol. The minimum Gasteiger partial charge on any atom is -0.870 e. The van der Waals surface area contributed by atoms with Crippen LogP contribution in [0.15, 0.2) is 201 Å². The molecule has 8 aromatic heterocycles. The molecule has 0 spiro atoms. The number of primary sulfonamides is 1. The Kier molecular flexibility index (Phi) is 42.0. The van der Waals surface area contributed by atoms with Crippen molar-refractivity contribution < 1.29 is 71.6 Å². The van der Waals surface area contributed by atoms with E-state index in [4.69, 9.17) is 52.9 Å². The number of Topliss-reactive ketones (excluding diaryl/α,β-unsaturated/α-hetero) is 1. The van der Waals surface area contributed by atoms with Crippen molar-refractivity contribution in [3.05, 3.63) is 251 Å². The summed E-state index contributed by atoms with van der Waals surface area (Å²) in [5.74, 6) is -0.491. The Balaban J connectivity index is 0.000000193. The Morgan fingerprint density at radius 3 is 1.03 bits per heavy atom. The number of carbonyl (C=O) groups excluding carboxylic acids is 3. The SMILES string of the molecule is CN1CCC(n2cc(N)cn2)CC1.COC(=O)c1ccc(-c2nc(Cl)ncc2C)cc1.COC(=O)c1ccc(-c2nc(Nc3cnn(C4CCN(C)CC4)c3)ncc2C)cc1.C[C@H](O)C#N.Cc1ccc(S(N)(=O)=O)cc1.Cc1cnc(Nc2cnn(C3CCN(C)CC3)c2)nc1-c1ccc(C(=O)C[C@@H](C)C#N)cc1.Cc1cnc(Nc2cnn(C3CCN(C)CC3)c2)nc1-c1ccc(C(=O)O)cc1.[Li+].[OH-]. The molecule has 5 aromatic carbocycles. The maximum absolute atomic E-state index is 12.3. The first-order chi connectivity index (χ1) is 66.6. The van der Waals surface area contributed by atoms with Gasteiger partial charge in [0.15, 0.2) is 5.78 Å². The van der Waals surface area contributed by atoms with Gasteiger partial charge in [-0.1, -0.05) is 78.4 Å². The molecule has 736 valence electrons. The van der Waals surface area contributed by atoms with Gasteiger partial charge in [-0.25, -0.2) is 67.8 Å². The first kappa shape index (κ1) is 111. The first-order valence-electron chi connectivity index (χ1n) is 45.5. The van der Waals surface area contributed by atoms with Gasteiger partial charge >= 0.3 is 36.8 Å². The van der Waals surface area contributed by atoms with Crippen LogP contribution in [0.4, 0.5) is 40.6 Å². The number of rotatable bonds is 21. The molecule has 12 heterocycles. The number of aliphatic hydroxyl groups excluding tert-OH is 1. The second kappa shape index (κ2) is 53.5. The van der Waals surface area contributed by atoms with Crippen molar-refractivity contribution in [2.45, 2.75) is 141 Å². The van der Waals surface area contributed by atoms with E-state index in [0.29, 0.717) is 58.7 Å². The molecule has 0 amide bonds. The number of nitrogens with two attached hydrogens (primary N) is 2. The average molecular weight is 1950 g/mol. The number of nitrogens with one attached hydrogen (secondary N) is 3. The van der Waals surface area contributed by atoms with Gasteiger partial charge in [0.1, 0.15) is 6.10 Å². The first-order valence-corrected chi connectivity index (χ1v) is 47.4. The molecule has 4 fully saturated rings. The summed E-state index contributed by atoms with van der Waals surface area (Å²) in [6.45, 7) is 21.6. The third kappa shape index (κ3) is 33.1. The number of carbonyl (C=O) groups is 4. The Morgan fingerprint density at radius 2 is 0.745 bits per heavy atom. The van der Waals surface area contributed by atoms with Crippen molar-refractivity contribution >= 4 is 85.9 Å². The number of ketones is 1. The topological polar surface area (TPSA) is 514 Å². The summed E-state index contributed by atoms with van der Waals surface area (Å²) in [6.07, 6.45) is 30.5. The van der Waals surface area contributed by atoms with Crippen LogP contribution in [0, 0.1) is 63.2 Å². The van der Waals surface area contributed by atoms with Crippen LogP contribution < -0.4 is 45.7 Å². The number of hydrogen-bond donors (Lipinski definition) is 7. The summed E-state index contributed by atoms with van der Waals surface area (Å²) < 4.78 is 38.9. The van der Waals surface area contributed by atoms with Crippen molar-refractivity contribution in [2.75, 3.05) is 116 Å². The number of benzene rings is 5. The van der Waals surface area contributed by atoms with E-state index in [1.807, 2.05) is 115 Å². The number of ether oxygens (including phenoxy) is 2. The number of aromatic carboxylic acids is 1. The van der Waals surface area contributed by atoms with E-state index in [2.05, 4.69) is 130 Å². The molecule has 2 atom stereocenters. The van der Waals surface area contributed by atoms with E-state index in [9.17, 15) is 27.6 Å². The number of halogens is 1. The number of anilines is 7. The number of carboxylic acids is 1. The van der Waals surface area contributed by atoms with Crippen LogP contribution in [-0.2, 0) is 19.5 Å². The molecule has 4 saturated heterocycles.